The Kier molecular flexibility index (Phi) is 4.66. The molecule has 0 unspecified atom stereocenters. The van der Waals surface area contributed by atoms with Gasteiger partial charge in [0.15, 0.2) is 16.6 Å². The number of amides is 2. The first kappa shape index (κ1) is 19.6. The minimum absolute atomic E-state index is 0.122. The van der Waals surface area contributed by atoms with Crippen molar-refractivity contribution >= 4 is 28.3 Å². The van der Waals surface area contributed by atoms with Gasteiger partial charge >= 0.3 is 0 Å². The van der Waals surface area contributed by atoms with E-state index in [0.717, 1.165) is 16.1 Å². The van der Waals surface area contributed by atoms with Crippen LogP contribution in [0.1, 0.15) is 44.0 Å². The van der Waals surface area contributed by atoms with Gasteiger partial charge in [-0.1, -0.05) is 24.3 Å². The van der Waals surface area contributed by atoms with Crippen LogP contribution in [0.25, 0.3) is 0 Å². The SMILES string of the molecule is Cc1nc(NC(=O)[C@H]2c3ccccc3C(=O)N(C)[C@@H]2c2ccc3c(c2)OCO3)sc1C. The summed E-state index contributed by atoms with van der Waals surface area (Å²) in [5.74, 6) is 0.335. The number of aryl methyl sites for hydroxylation is 2. The summed E-state index contributed by atoms with van der Waals surface area (Å²) in [6.07, 6.45) is 0. The van der Waals surface area contributed by atoms with Gasteiger partial charge in [0.2, 0.25) is 12.7 Å². The number of hydrogen-bond donors (Lipinski definition) is 1. The zero-order valence-electron chi connectivity index (χ0n) is 17.3. The van der Waals surface area contributed by atoms with E-state index in [9.17, 15) is 9.59 Å². The Morgan fingerprint density at radius 2 is 1.94 bits per heavy atom. The van der Waals surface area contributed by atoms with Crippen molar-refractivity contribution in [1.29, 1.82) is 0 Å². The molecule has 2 aromatic carbocycles. The fourth-order valence-electron chi connectivity index (χ4n) is 4.18. The summed E-state index contributed by atoms with van der Waals surface area (Å²) in [6.45, 7) is 4.05. The van der Waals surface area contributed by atoms with E-state index in [1.54, 1.807) is 18.0 Å². The van der Waals surface area contributed by atoms with E-state index >= 15 is 0 Å². The molecule has 0 spiro atoms. The van der Waals surface area contributed by atoms with E-state index in [4.69, 9.17) is 9.47 Å². The Balaban J connectivity index is 1.60. The van der Waals surface area contributed by atoms with Gasteiger partial charge in [-0.05, 0) is 43.2 Å². The van der Waals surface area contributed by atoms with Gasteiger partial charge in [0.1, 0.15) is 0 Å². The maximum atomic E-state index is 13.6. The fraction of sp³-hybridized carbons (Fsp3) is 0.261. The van der Waals surface area contributed by atoms with Crippen molar-refractivity contribution in [2.45, 2.75) is 25.8 Å². The Hall–Kier alpha value is -3.39. The van der Waals surface area contributed by atoms with Gasteiger partial charge in [-0.2, -0.15) is 0 Å². The molecule has 0 radical (unpaired) electrons. The molecule has 0 saturated heterocycles. The van der Waals surface area contributed by atoms with E-state index in [1.807, 2.05) is 50.2 Å². The van der Waals surface area contributed by atoms with Crippen LogP contribution >= 0.6 is 11.3 Å². The number of nitrogens with one attached hydrogen (secondary N) is 1. The highest BCUT2D eigenvalue weighted by molar-refractivity contribution is 7.15. The van der Waals surface area contributed by atoms with Gasteiger partial charge in [-0.3, -0.25) is 9.59 Å². The quantitative estimate of drug-likeness (QED) is 0.672. The molecule has 2 aliphatic rings. The van der Waals surface area contributed by atoms with E-state index < -0.39 is 12.0 Å². The topological polar surface area (TPSA) is 80.8 Å². The minimum atomic E-state index is -0.608. The van der Waals surface area contributed by atoms with Crippen molar-refractivity contribution in [2.24, 2.45) is 0 Å². The smallest absolute Gasteiger partial charge is 0.254 e. The highest BCUT2D eigenvalue weighted by atomic mass is 32.1. The molecule has 7 nitrogen and oxygen atoms in total. The lowest BCUT2D eigenvalue weighted by molar-refractivity contribution is -0.119. The fourth-order valence-corrected chi connectivity index (χ4v) is 5.00. The lowest BCUT2D eigenvalue weighted by Gasteiger charge is -2.39. The third-order valence-corrected chi connectivity index (χ3v) is 6.85. The molecule has 0 aliphatic carbocycles. The standard InChI is InChI=1S/C23H21N3O4S/c1-12-13(2)31-23(24-12)25-21(27)19-15-6-4-5-7-16(15)22(28)26(3)20(19)14-8-9-17-18(10-14)30-11-29-17/h4-10,19-20H,11H2,1-3H3,(H,24,25,27)/t19-,20+/m0/s1. The monoisotopic (exact) mass is 435 g/mol. The molecule has 31 heavy (non-hydrogen) atoms. The highest BCUT2D eigenvalue weighted by Gasteiger charge is 2.43. The number of ether oxygens (including phenoxy) is 2. The van der Waals surface area contributed by atoms with Crippen molar-refractivity contribution in [3.05, 3.63) is 69.7 Å². The first-order valence-electron chi connectivity index (χ1n) is 9.94. The van der Waals surface area contributed by atoms with Crippen LogP contribution in [0.3, 0.4) is 0 Å². The summed E-state index contributed by atoms with van der Waals surface area (Å²) in [6, 6.07) is 12.3. The van der Waals surface area contributed by atoms with Crippen LogP contribution in [0, 0.1) is 13.8 Å². The number of likely N-dealkylation sites (N-methyl/N-ethyl adjacent to an activating group) is 1. The number of benzene rings is 2. The molecular formula is C23H21N3O4S. The van der Waals surface area contributed by atoms with Crippen LogP contribution in [-0.2, 0) is 4.79 Å². The number of nitrogens with zero attached hydrogens (tertiary/aromatic N) is 2. The molecule has 0 saturated carbocycles. The lowest BCUT2D eigenvalue weighted by Crippen LogP contribution is -2.44. The number of anilines is 1. The van der Waals surface area contributed by atoms with Gasteiger partial charge < -0.3 is 19.7 Å². The summed E-state index contributed by atoms with van der Waals surface area (Å²) in [5, 5.41) is 3.53. The maximum absolute atomic E-state index is 13.6. The molecule has 2 aliphatic heterocycles. The zero-order valence-corrected chi connectivity index (χ0v) is 18.2. The van der Waals surface area contributed by atoms with E-state index in [-0.39, 0.29) is 18.6 Å². The lowest BCUT2D eigenvalue weighted by atomic mass is 9.79. The molecule has 0 bridgehead atoms. The Morgan fingerprint density at radius 1 is 1.16 bits per heavy atom. The molecular weight excluding hydrogens is 414 g/mol. The van der Waals surface area contributed by atoms with Crippen LogP contribution in [-0.4, -0.2) is 35.5 Å². The van der Waals surface area contributed by atoms with Gasteiger partial charge in [-0.25, -0.2) is 4.98 Å². The van der Waals surface area contributed by atoms with Gasteiger partial charge in [-0.15, -0.1) is 11.3 Å². The molecule has 3 heterocycles. The van der Waals surface area contributed by atoms with E-state index in [2.05, 4.69) is 10.3 Å². The summed E-state index contributed by atoms with van der Waals surface area (Å²) in [5.41, 5.74) is 2.94. The summed E-state index contributed by atoms with van der Waals surface area (Å²) >= 11 is 1.44. The highest BCUT2D eigenvalue weighted by Crippen LogP contribution is 2.45. The molecule has 0 fully saturated rings. The van der Waals surface area contributed by atoms with Crippen molar-refractivity contribution < 1.29 is 19.1 Å². The first-order chi connectivity index (χ1) is 14.9. The molecule has 1 N–H and O–H groups in total. The number of carbonyl (C=O) groups excluding carboxylic acids is 2. The van der Waals surface area contributed by atoms with Gasteiger partial charge in [0.25, 0.3) is 5.91 Å². The van der Waals surface area contributed by atoms with Crippen LogP contribution in [0.5, 0.6) is 11.5 Å². The average Bonchev–Trinajstić information content (AvgIpc) is 3.35. The van der Waals surface area contributed by atoms with Crippen LogP contribution < -0.4 is 14.8 Å². The molecule has 5 rings (SSSR count). The van der Waals surface area contributed by atoms with Crippen LogP contribution in [0.2, 0.25) is 0 Å². The predicted molar refractivity (Wildman–Crippen MR) is 117 cm³/mol. The van der Waals surface area contributed by atoms with Crippen LogP contribution in [0.15, 0.2) is 42.5 Å². The zero-order chi connectivity index (χ0) is 21.7. The molecule has 2 amide bonds. The largest absolute Gasteiger partial charge is 0.454 e. The Bertz CT molecular complexity index is 1190. The molecule has 3 aromatic rings. The summed E-state index contributed by atoms with van der Waals surface area (Å²) < 4.78 is 11.0. The molecule has 8 heteroatoms. The number of rotatable bonds is 3. The number of thiazole rings is 1. The van der Waals surface area contributed by atoms with Gasteiger partial charge in [0.05, 0.1) is 17.7 Å². The molecule has 2 atom stereocenters. The first-order valence-corrected chi connectivity index (χ1v) is 10.8. The minimum Gasteiger partial charge on any atom is -0.454 e. The van der Waals surface area contributed by atoms with Crippen molar-refractivity contribution in [1.82, 2.24) is 9.88 Å². The van der Waals surface area contributed by atoms with Crippen molar-refractivity contribution in [2.75, 3.05) is 19.2 Å². The van der Waals surface area contributed by atoms with Gasteiger partial charge in [0, 0.05) is 17.5 Å². The predicted octanol–water partition coefficient (Wildman–Crippen LogP) is 4.04. The third kappa shape index (κ3) is 3.23. The number of aromatic nitrogens is 1. The Morgan fingerprint density at radius 3 is 2.71 bits per heavy atom. The van der Waals surface area contributed by atoms with Crippen molar-refractivity contribution in [3.63, 3.8) is 0 Å². The Labute approximate surface area is 183 Å². The number of hydrogen-bond acceptors (Lipinski definition) is 6. The molecule has 1 aromatic heterocycles. The maximum Gasteiger partial charge on any atom is 0.254 e. The number of carbonyl (C=O) groups is 2. The summed E-state index contributed by atoms with van der Waals surface area (Å²) in [4.78, 5) is 33.9. The second kappa shape index (κ2) is 7.39. The third-order valence-electron chi connectivity index (χ3n) is 5.86. The average molecular weight is 436 g/mol. The van der Waals surface area contributed by atoms with Crippen LogP contribution in [0.4, 0.5) is 5.13 Å². The second-order valence-electron chi connectivity index (χ2n) is 7.69. The number of fused-ring (bicyclic) bond motifs is 2. The normalized spacial score (nSPS) is 19.3. The van der Waals surface area contributed by atoms with E-state index in [0.29, 0.717) is 27.8 Å². The summed E-state index contributed by atoms with van der Waals surface area (Å²) in [7, 11) is 1.73. The van der Waals surface area contributed by atoms with Crippen molar-refractivity contribution in [3.8, 4) is 11.5 Å². The second-order valence-corrected chi connectivity index (χ2v) is 8.89. The van der Waals surface area contributed by atoms with E-state index in [1.165, 1.54) is 11.3 Å². The molecule has 158 valence electrons.